The van der Waals surface area contributed by atoms with Crippen LogP contribution in [0.2, 0.25) is 0 Å². The molecule has 0 spiro atoms. The minimum absolute atomic E-state index is 0.0459. The van der Waals surface area contributed by atoms with E-state index in [4.69, 9.17) is 5.11 Å². The molecule has 0 aromatic heterocycles. The molecule has 2 amide bonds. The van der Waals surface area contributed by atoms with Crippen LogP contribution < -0.4 is 0 Å². The van der Waals surface area contributed by atoms with Crippen LogP contribution in [0.4, 0.5) is 4.79 Å². The normalized spacial score (nSPS) is 11.4. The number of carboxylic acid groups (broad SMARTS) is 1. The van der Waals surface area contributed by atoms with Crippen molar-refractivity contribution in [1.29, 1.82) is 0 Å². The molecule has 1 N–H and O–H groups in total. The zero-order valence-electron chi connectivity index (χ0n) is 10.2. The van der Waals surface area contributed by atoms with Gasteiger partial charge < -0.3 is 14.9 Å². The van der Waals surface area contributed by atoms with Crippen LogP contribution in [0.25, 0.3) is 0 Å². The van der Waals surface area contributed by atoms with Gasteiger partial charge in [0.25, 0.3) is 0 Å². The van der Waals surface area contributed by atoms with Crippen molar-refractivity contribution >= 4 is 12.0 Å². The van der Waals surface area contributed by atoms with Crippen molar-refractivity contribution in [3.05, 3.63) is 0 Å². The second-order valence-corrected chi connectivity index (χ2v) is 4.41. The lowest BCUT2D eigenvalue weighted by Gasteiger charge is -2.35. The third-order valence-electron chi connectivity index (χ3n) is 2.73. The van der Waals surface area contributed by atoms with E-state index in [1.54, 1.807) is 7.05 Å². The van der Waals surface area contributed by atoms with Gasteiger partial charge in [-0.1, -0.05) is 0 Å². The molecule has 88 valence electrons. The molecule has 0 aliphatic carbocycles. The first-order chi connectivity index (χ1) is 6.62. The second-order valence-electron chi connectivity index (χ2n) is 4.41. The van der Waals surface area contributed by atoms with Crippen LogP contribution >= 0.6 is 0 Å². The molecule has 5 nitrogen and oxygen atoms in total. The van der Waals surface area contributed by atoms with Gasteiger partial charge in [0, 0.05) is 20.1 Å². The summed E-state index contributed by atoms with van der Waals surface area (Å²) in [6, 6.07) is -0.248. The van der Waals surface area contributed by atoms with Gasteiger partial charge >= 0.3 is 12.0 Å². The third-order valence-corrected chi connectivity index (χ3v) is 2.73. The Bertz CT molecular complexity index is 261. The van der Waals surface area contributed by atoms with E-state index < -0.39 is 11.5 Å². The predicted molar refractivity (Wildman–Crippen MR) is 57.8 cm³/mol. The summed E-state index contributed by atoms with van der Waals surface area (Å²) in [5, 5.41) is 8.97. The van der Waals surface area contributed by atoms with E-state index in [9.17, 15) is 9.59 Å². The van der Waals surface area contributed by atoms with Gasteiger partial charge in [0.05, 0.1) is 0 Å². The van der Waals surface area contributed by atoms with E-state index in [0.717, 1.165) is 0 Å². The molecule has 5 heteroatoms. The molecule has 0 fully saturated rings. The highest BCUT2D eigenvalue weighted by Crippen LogP contribution is 2.15. The lowest BCUT2D eigenvalue weighted by atomic mass is 10.0. The first-order valence-electron chi connectivity index (χ1n) is 4.86. The molecule has 0 saturated carbocycles. The fourth-order valence-electron chi connectivity index (χ4n) is 0.840. The van der Waals surface area contributed by atoms with Gasteiger partial charge in [-0.2, -0.15) is 0 Å². The summed E-state index contributed by atoms with van der Waals surface area (Å²) in [7, 11) is 3.15. The lowest BCUT2D eigenvalue weighted by molar-refractivity contribution is -0.147. The summed E-state index contributed by atoms with van der Waals surface area (Å²) in [4.78, 5) is 25.5. The van der Waals surface area contributed by atoms with Gasteiger partial charge in [0.2, 0.25) is 0 Å². The third kappa shape index (κ3) is 2.84. The number of likely N-dealkylation sites (N-methyl/N-ethyl adjacent to an activating group) is 1. The minimum Gasteiger partial charge on any atom is -0.480 e. The minimum atomic E-state index is -1.19. The number of aliphatic carboxylic acids is 1. The number of rotatable bonds is 3. The van der Waals surface area contributed by atoms with E-state index in [2.05, 4.69) is 0 Å². The van der Waals surface area contributed by atoms with Crippen molar-refractivity contribution in [2.24, 2.45) is 0 Å². The summed E-state index contributed by atoms with van der Waals surface area (Å²) in [6.45, 7) is 6.75. The fraction of sp³-hybridized carbons (Fsp3) is 0.800. The second kappa shape index (κ2) is 4.51. The van der Waals surface area contributed by atoms with E-state index in [0.29, 0.717) is 0 Å². The number of nitrogens with zero attached hydrogens (tertiary/aromatic N) is 2. The smallest absolute Gasteiger partial charge is 0.329 e. The molecule has 0 saturated heterocycles. The molecule has 0 heterocycles. The van der Waals surface area contributed by atoms with E-state index in [1.165, 1.54) is 30.7 Å². The van der Waals surface area contributed by atoms with Crippen molar-refractivity contribution in [3.63, 3.8) is 0 Å². The van der Waals surface area contributed by atoms with Gasteiger partial charge in [-0.15, -0.1) is 0 Å². The van der Waals surface area contributed by atoms with Crippen LogP contribution in [0, 0.1) is 0 Å². The Morgan fingerprint density at radius 3 is 1.87 bits per heavy atom. The fourth-order valence-corrected chi connectivity index (χ4v) is 0.840. The Morgan fingerprint density at radius 1 is 1.20 bits per heavy atom. The van der Waals surface area contributed by atoms with Crippen LogP contribution in [0.1, 0.15) is 27.7 Å². The molecule has 0 atom stereocenters. The highest BCUT2D eigenvalue weighted by molar-refractivity contribution is 5.85. The molecule has 15 heavy (non-hydrogen) atoms. The SMILES string of the molecule is CC(C)N(C)C(=O)N(C)C(C)(C)C(=O)O. The Labute approximate surface area is 90.7 Å². The molecule has 0 unspecified atom stereocenters. The van der Waals surface area contributed by atoms with Crippen molar-refractivity contribution in [2.75, 3.05) is 14.1 Å². The highest BCUT2D eigenvalue weighted by Gasteiger charge is 2.36. The maximum Gasteiger partial charge on any atom is 0.329 e. The summed E-state index contributed by atoms with van der Waals surface area (Å²) in [5.74, 6) is -1.02. The van der Waals surface area contributed by atoms with Crippen molar-refractivity contribution in [3.8, 4) is 0 Å². The summed E-state index contributed by atoms with van der Waals surface area (Å²) < 4.78 is 0. The molecule has 0 aromatic carbocycles. The van der Waals surface area contributed by atoms with E-state index in [-0.39, 0.29) is 12.1 Å². The molecule has 0 aliphatic heterocycles. The zero-order valence-corrected chi connectivity index (χ0v) is 10.2. The van der Waals surface area contributed by atoms with Gasteiger partial charge in [-0.25, -0.2) is 9.59 Å². The first-order valence-corrected chi connectivity index (χ1v) is 4.86. The Kier molecular flexibility index (Phi) is 4.13. The van der Waals surface area contributed by atoms with Crippen molar-refractivity contribution in [1.82, 2.24) is 9.80 Å². The number of amides is 2. The Morgan fingerprint density at radius 2 is 1.60 bits per heavy atom. The standard InChI is InChI=1S/C10H20N2O3/c1-7(2)11(5)9(15)12(6)10(3,4)8(13)14/h7H,1-6H3,(H,13,14). The number of carboxylic acids is 1. The zero-order chi connectivity index (χ0) is 12.4. The van der Waals surface area contributed by atoms with Crippen LogP contribution in [0.15, 0.2) is 0 Å². The summed E-state index contributed by atoms with van der Waals surface area (Å²) >= 11 is 0. The van der Waals surface area contributed by atoms with Gasteiger partial charge in [-0.05, 0) is 27.7 Å². The molecular weight excluding hydrogens is 196 g/mol. The molecule has 0 rings (SSSR count). The molecule has 0 aromatic rings. The monoisotopic (exact) mass is 216 g/mol. The number of carbonyl (C=O) groups excluding carboxylic acids is 1. The Hall–Kier alpha value is -1.26. The van der Waals surface area contributed by atoms with Gasteiger partial charge in [0.1, 0.15) is 5.54 Å². The number of urea groups is 1. The van der Waals surface area contributed by atoms with E-state index in [1.807, 2.05) is 13.8 Å². The number of carbonyl (C=O) groups is 2. The summed E-state index contributed by atoms with van der Waals surface area (Å²) in [6.07, 6.45) is 0. The molecule has 0 radical (unpaired) electrons. The predicted octanol–water partition coefficient (Wildman–Crippen LogP) is 1.24. The number of hydrogen-bond acceptors (Lipinski definition) is 2. The largest absolute Gasteiger partial charge is 0.480 e. The van der Waals surface area contributed by atoms with Crippen LogP contribution in [0.5, 0.6) is 0 Å². The summed E-state index contributed by atoms with van der Waals surface area (Å²) in [5.41, 5.74) is -1.19. The van der Waals surface area contributed by atoms with Crippen LogP contribution in [-0.4, -0.2) is 52.6 Å². The first kappa shape index (κ1) is 13.7. The van der Waals surface area contributed by atoms with Crippen molar-refractivity contribution < 1.29 is 14.7 Å². The lowest BCUT2D eigenvalue weighted by Crippen LogP contribution is -2.55. The molecule has 0 aliphatic rings. The van der Waals surface area contributed by atoms with E-state index >= 15 is 0 Å². The van der Waals surface area contributed by atoms with Crippen LogP contribution in [0.3, 0.4) is 0 Å². The average molecular weight is 216 g/mol. The van der Waals surface area contributed by atoms with Gasteiger partial charge in [-0.3, -0.25) is 0 Å². The maximum absolute atomic E-state index is 11.8. The molecular formula is C10H20N2O3. The van der Waals surface area contributed by atoms with Crippen LogP contribution in [-0.2, 0) is 4.79 Å². The molecule has 0 bridgehead atoms. The van der Waals surface area contributed by atoms with Crippen molar-refractivity contribution in [2.45, 2.75) is 39.3 Å². The highest BCUT2D eigenvalue weighted by atomic mass is 16.4. The average Bonchev–Trinajstić information content (AvgIpc) is 2.13. The quantitative estimate of drug-likeness (QED) is 0.772. The van der Waals surface area contributed by atoms with Gasteiger partial charge in [0.15, 0.2) is 0 Å². The topological polar surface area (TPSA) is 60.9 Å². The maximum atomic E-state index is 11.8. The Balaban J connectivity index is 4.79. The number of hydrogen-bond donors (Lipinski definition) is 1.